The van der Waals surface area contributed by atoms with Crippen LogP contribution in [0.15, 0.2) is 0 Å². The Morgan fingerprint density at radius 1 is 0.929 bits per heavy atom. The fourth-order valence-corrected chi connectivity index (χ4v) is 3.34. The normalized spacial score (nSPS) is 30.1. The third-order valence-corrected chi connectivity index (χ3v) is 5.05. The van der Waals surface area contributed by atoms with Gasteiger partial charge in [-0.25, -0.2) is 8.42 Å². The van der Waals surface area contributed by atoms with Crippen LogP contribution in [0.1, 0.15) is 25.7 Å². The maximum Gasteiger partial charge on any atom is 0.267 e. The van der Waals surface area contributed by atoms with Crippen LogP contribution in [-0.2, 0) is 20.2 Å². The highest BCUT2D eigenvalue weighted by Gasteiger charge is 2.31. The van der Waals surface area contributed by atoms with Crippen LogP contribution in [0.3, 0.4) is 0 Å². The minimum absolute atomic E-state index is 0.0102. The zero-order valence-electron chi connectivity index (χ0n) is 7.29. The lowest BCUT2D eigenvalue weighted by Crippen LogP contribution is -2.32. The first kappa shape index (κ1) is 11.9. The average Bonchev–Trinajstić information content (AvgIpc) is 2.01. The van der Waals surface area contributed by atoms with Crippen molar-refractivity contribution in [2.24, 2.45) is 0 Å². The van der Waals surface area contributed by atoms with Crippen LogP contribution in [0, 0.1) is 0 Å². The van der Waals surface area contributed by atoms with Gasteiger partial charge < -0.3 is 4.55 Å². The molecule has 1 saturated carbocycles. The van der Waals surface area contributed by atoms with Crippen LogP contribution in [0.5, 0.6) is 0 Å². The van der Waals surface area contributed by atoms with E-state index < -0.39 is 30.7 Å². The van der Waals surface area contributed by atoms with Gasteiger partial charge in [0.1, 0.15) is 0 Å². The van der Waals surface area contributed by atoms with Gasteiger partial charge in [0.15, 0.2) is 0 Å². The molecule has 0 aromatic carbocycles. The van der Waals surface area contributed by atoms with Crippen LogP contribution in [-0.4, -0.2) is 36.4 Å². The molecule has 0 heterocycles. The van der Waals surface area contributed by atoms with Crippen molar-refractivity contribution in [3.8, 4) is 0 Å². The van der Waals surface area contributed by atoms with E-state index in [1.165, 1.54) is 0 Å². The van der Waals surface area contributed by atoms with Crippen molar-refractivity contribution >= 4 is 20.2 Å². The summed E-state index contributed by atoms with van der Waals surface area (Å²) >= 11 is 0. The smallest absolute Gasteiger partial charge is 0.267 e. The fourth-order valence-electron chi connectivity index (χ4n) is 1.62. The lowest BCUT2D eigenvalue weighted by atomic mass is 10.00. The van der Waals surface area contributed by atoms with Gasteiger partial charge >= 0.3 is 0 Å². The lowest BCUT2D eigenvalue weighted by Gasteiger charge is -2.28. The molecule has 1 N–H and O–H groups in total. The van der Waals surface area contributed by atoms with E-state index in [9.17, 15) is 21.4 Å². The van der Waals surface area contributed by atoms with Crippen LogP contribution < -0.4 is 0 Å². The summed E-state index contributed by atoms with van der Waals surface area (Å²) in [6.45, 7) is 0. The van der Waals surface area contributed by atoms with E-state index in [0.29, 0.717) is 0 Å². The Morgan fingerprint density at radius 2 is 1.29 bits per heavy atom. The van der Waals surface area contributed by atoms with Crippen molar-refractivity contribution < 1.29 is 25.9 Å². The van der Waals surface area contributed by atoms with E-state index >= 15 is 0 Å². The standard InChI is InChI=1S/C6H12O6S2/c7-13(8,9)5-1-2-6(4-3-5)14(10,11)12/h5-6H,1-4H2,(H,7,8,9)(H,10,11,12)/p-1. The van der Waals surface area contributed by atoms with Crippen LogP contribution in [0.4, 0.5) is 0 Å². The predicted octanol–water partition coefficient (Wildman–Crippen LogP) is -0.269. The molecule has 6 nitrogen and oxygen atoms in total. The summed E-state index contributed by atoms with van der Waals surface area (Å²) in [5.74, 6) is 0. The summed E-state index contributed by atoms with van der Waals surface area (Å²) in [6.07, 6.45) is 0.0858. The van der Waals surface area contributed by atoms with Crippen LogP contribution in [0.25, 0.3) is 0 Å². The largest absolute Gasteiger partial charge is 0.748 e. The first-order chi connectivity index (χ1) is 6.21. The molecule has 1 fully saturated rings. The Bertz CT molecular complexity index is 346. The Balaban J connectivity index is 2.65. The first-order valence-electron chi connectivity index (χ1n) is 4.12. The Labute approximate surface area is 82.8 Å². The van der Waals surface area contributed by atoms with Crippen molar-refractivity contribution in [3.05, 3.63) is 0 Å². The monoisotopic (exact) mass is 243 g/mol. The highest BCUT2D eigenvalue weighted by molar-refractivity contribution is 7.86. The van der Waals surface area contributed by atoms with E-state index in [1.54, 1.807) is 0 Å². The highest BCUT2D eigenvalue weighted by atomic mass is 32.2. The highest BCUT2D eigenvalue weighted by Crippen LogP contribution is 2.27. The summed E-state index contributed by atoms with van der Waals surface area (Å²) in [5.41, 5.74) is 0. The number of rotatable bonds is 2. The molecule has 0 saturated heterocycles. The van der Waals surface area contributed by atoms with Gasteiger partial charge in [-0.15, -0.1) is 0 Å². The molecule has 0 aromatic rings. The summed E-state index contributed by atoms with van der Waals surface area (Å²) in [4.78, 5) is 0. The number of hydrogen-bond donors (Lipinski definition) is 1. The van der Waals surface area contributed by atoms with E-state index in [2.05, 4.69) is 0 Å². The van der Waals surface area contributed by atoms with E-state index in [4.69, 9.17) is 4.55 Å². The second-order valence-electron chi connectivity index (χ2n) is 3.41. The number of hydrogen-bond acceptors (Lipinski definition) is 5. The van der Waals surface area contributed by atoms with E-state index in [1.807, 2.05) is 0 Å². The summed E-state index contributed by atoms with van der Waals surface area (Å²) in [5, 5.41) is -1.92. The van der Waals surface area contributed by atoms with Gasteiger partial charge in [-0.2, -0.15) is 8.42 Å². The Morgan fingerprint density at radius 3 is 1.57 bits per heavy atom. The maximum absolute atomic E-state index is 10.7. The minimum Gasteiger partial charge on any atom is -0.748 e. The molecule has 0 radical (unpaired) electrons. The Hall–Kier alpha value is -0.180. The quantitative estimate of drug-likeness (QED) is 0.668. The van der Waals surface area contributed by atoms with Crippen molar-refractivity contribution in [1.29, 1.82) is 0 Å². The summed E-state index contributed by atoms with van der Waals surface area (Å²) in [6, 6.07) is 0. The SMILES string of the molecule is O=S(=O)([O-])C1CCC(S(=O)(=O)O)CC1. The van der Waals surface area contributed by atoms with Gasteiger partial charge in [0.2, 0.25) is 0 Å². The molecule has 0 aliphatic heterocycles. The van der Waals surface area contributed by atoms with E-state index in [-0.39, 0.29) is 25.7 Å². The molecule has 84 valence electrons. The fraction of sp³-hybridized carbons (Fsp3) is 1.00. The maximum atomic E-state index is 10.7. The van der Waals surface area contributed by atoms with Gasteiger partial charge in [-0.3, -0.25) is 4.55 Å². The topological polar surface area (TPSA) is 112 Å². The molecule has 0 atom stereocenters. The van der Waals surface area contributed by atoms with Crippen LogP contribution in [0.2, 0.25) is 0 Å². The lowest BCUT2D eigenvalue weighted by molar-refractivity contribution is 0.395. The summed E-state index contributed by atoms with van der Waals surface area (Å²) < 4.78 is 61.7. The molecular weight excluding hydrogens is 232 g/mol. The Kier molecular flexibility index (Phi) is 3.20. The third-order valence-electron chi connectivity index (χ3n) is 2.45. The second-order valence-corrected chi connectivity index (χ2v) is 6.76. The first-order valence-corrected chi connectivity index (χ1v) is 7.09. The van der Waals surface area contributed by atoms with E-state index in [0.717, 1.165) is 0 Å². The molecule has 0 aromatic heterocycles. The van der Waals surface area contributed by atoms with Crippen molar-refractivity contribution in [1.82, 2.24) is 0 Å². The summed E-state index contributed by atoms with van der Waals surface area (Å²) in [7, 11) is -8.41. The van der Waals surface area contributed by atoms with Gasteiger partial charge in [-0.05, 0) is 25.7 Å². The molecule has 1 rings (SSSR count). The molecule has 8 heteroatoms. The molecule has 1 aliphatic rings. The zero-order valence-corrected chi connectivity index (χ0v) is 8.92. The van der Waals surface area contributed by atoms with Gasteiger partial charge in [0.25, 0.3) is 10.1 Å². The van der Waals surface area contributed by atoms with Gasteiger partial charge in [0, 0.05) is 5.25 Å². The van der Waals surface area contributed by atoms with Crippen LogP contribution >= 0.6 is 0 Å². The molecular formula is C6H11O6S2-. The molecule has 1 aliphatic carbocycles. The van der Waals surface area contributed by atoms with Crippen molar-refractivity contribution in [2.45, 2.75) is 36.2 Å². The average molecular weight is 243 g/mol. The molecule has 0 spiro atoms. The molecule has 14 heavy (non-hydrogen) atoms. The molecule has 0 unspecified atom stereocenters. The van der Waals surface area contributed by atoms with Crippen molar-refractivity contribution in [2.75, 3.05) is 0 Å². The van der Waals surface area contributed by atoms with Crippen molar-refractivity contribution in [3.63, 3.8) is 0 Å². The minimum atomic E-state index is -4.32. The molecule has 0 bridgehead atoms. The third kappa shape index (κ3) is 2.91. The molecule has 0 amide bonds. The zero-order chi connectivity index (χ0) is 11.0. The van der Waals surface area contributed by atoms with Gasteiger partial charge in [0.05, 0.1) is 15.4 Å². The predicted molar refractivity (Wildman–Crippen MR) is 47.3 cm³/mol. The van der Waals surface area contributed by atoms with Gasteiger partial charge in [-0.1, -0.05) is 0 Å². The second kappa shape index (κ2) is 3.76.